The van der Waals surface area contributed by atoms with E-state index in [1.807, 2.05) is 10.7 Å². The molecule has 5 nitrogen and oxygen atoms in total. The highest BCUT2D eigenvalue weighted by molar-refractivity contribution is 5.59. The summed E-state index contributed by atoms with van der Waals surface area (Å²) in [6.45, 7) is 6.64. The first-order valence-corrected chi connectivity index (χ1v) is 7.57. The molecular formula is C15H21N5. The zero-order valence-corrected chi connectivity index (χ0v) is 12.1. The van der Waals surface area contributed by atoms with Crippen LogP contribution in [0.15, 0.2) is 12.3 Å². The number of nitrogens with one attached hydrogen (secondary N) is 1. The third kappa shape index (κ3) is 1.73. The van der Waals surface area contributed by atoms with E-state index in [-0.39, 0.29) is 0 Å². The molecule has 0 aliphatic carbocycles. The van der Waals surface area contributed by atoms with Crippen LogP contribution in [0.25, 0.3) is 5.65 Å². The maximum Gasteiger partial charge on any atom is 0.160 e. The molecule has 4 heterocycles. The second-order valence-electron chi connectivity index (χ2n) is 6.10. The molecule has 0 amide bonds. The van der Waals surface area contributed by atoms with Crippen LogP contribution in [0.3, 0.4) is 0 Å². The van der Waals surface area contributed by atoms with Crippen LogP contribution in [0.2, 0.25) is 0 Å². The monoisotopic (exact) mass is 271 g/mol. The van der Waals surface area contributed by atoms with Gasteiger partial charge >= 0.3 is 0 Å². The van der Waals surface area contributed by atoms with Gasteiger partial charge in [0.1, 0.15) is 5.82 Å². The number of anilines is 1. The summed E-state index contributed by atoms with van der Waals surface area (Å²) in [5.41, 5.74) is 3.41. The first kappa shape index (κ1) is 12.1. The zero-order valence-electron chi connectivity index (χ0n) is 12.1. The van der Waals surface area contributed by atoms with Crippen molar-refractivity contribution in [3.8, 4) is 0 Å². The molecule has 2 aliphatic heterocycles. The molecule has 0 radical (unpaired) electrons. The molecule has 2 aromatic rings. The number of hydrogen-bond acceptors (Lipinski definition) is 4. The van der Waals surface area contributed by atoms with Crippen molar-refractivity contribution in [2.45, 2.75) is 45.2 Å². The van der Waals surface area contributed by atoms with E-state index in [4.69, 9.17) is 0 Å². The third-order valence-electron chi connectivity index (χ3n) is 4.61. The highest BCUT2D eigenvalue weighted by Gasteiger charge is 2.31. The normalized spacial score (nSPS) is 23.5. The molecule has 4 bridgehead atoms. The Hall–Kier alpha value is -1.62. The van der Waals surface area contributed by atoms with Crippen LogP contribution in [0, 0.1) is 6.92 Å². The van der Waals surface area contributed by atoms with E-state index >= 15 is 0 Å². The van der Waals surface area contributed by atoms with Crippen molar-refractivity contribution >= 4 is 11.5 Å². The van der Waals surface area contributed by atoms with Gasteiger partial charge in [0.2, 0.25) is 0 Å². The molecule has 4 rings (SSSR count). The Kier molecular flexibility index (Phi) is 2.70. The minimum Gasteiger partial charge on any atom is -0.350 e. The summed E-state index contributed by atoms with van der Waals surface area (Å²) in [5, 5.41) is 8.02. The molecule has 1 N–H and O–H groups in total. The third-order valence-corrected chi connectivity index (χ3v) is 4.61. The van der Waals surface area contributed by atoms with Crippen LogP contribution in [0.4, 0.5) is 5.82 Å². The number of nitrogens with zero attached hydrogens (tertiary/aromatic N) is 4. The number of hydrogen-bond donors (Lipinski definition) is 1. The lowest BCUT2D eigenvalue weighted by atomic mass is 10.0. The van der Waals surface area contributed by atoms with Crippen molar-refractivity contribution in [3.05, 3.63) is 23.5 Å². The van der Waals surface area contributed by atoms with Gasteiger partial charge in [0.15, 0.2) is 5.65 Å². The molecule has 0 saturated carbocycles. The highest BCUT2D eigenvalue weighted by Crippen LogP contribution is 2.31. The summed E-state index contributed by atoms with van der Waals surface area (Å²) in [6.07, 6.45) is 5.44. The molecular weight excluding hydrogens is 250 g/mol. The SMILES string of the molecule is Cc1cc2n3ncc(c3n1)CC(C)N2C1CCNCC1. The van der Waals surface area contributed by atoms with Crippen LogP contribution in [-0.2, 0) is 6.42 Å². The summed E-state index contributed by atoms with van der Waals surface area (Å²) in [5.74, 6) is 1.22. The molecule has 2 aromatic heterocycles. The van der Waals surface area contributed by atoms with Crippen LogP contribution in [-0.4, -0.2) is 39.8 Å². The minimum absolute atomic E-state index is 0.507. The Labute approximate surface area is 119 Å². The van der Waals surface area contributed by atoms with Gasteiger partial charge in [-0.3, -0.25) is 0 Å². The smallest absolute Gasteiger partial charge is 0.160 e. The molecule has 1 atom stereocenters. The van der Waals surface area contributed by atoms with Gasteiger partial charge in [-0.25, -0.2) is 4.98 Å². The molecule has 2 aliphatic rings. The van der Waals surface area contributed by atoms with E-state index in [0.717, 1.165) is 30.9 Å². The summed E-state index contributed by atoms with van der Waals surface area (Å²) < 4.78 is 2.04. The van der Waals surface area contributed by atoms with Crippen molar-refractivity contribution in [2.24, 2.45) is 0 Å². The summed E-state index contributed by atoms with van der Waals surface area (Å²) in [7, 11) is 0. The lowest BCUT2D eigenvalue weighted by molar-refractivity contribution is 0.401. The van der Waals surface area contributed by atoms with Gasteiger partial charge in [-0.2, -0.15) is 9.61 Å². The molecule has 1 unspecified atom stereocenters. The number of aryl methyl sites for hydroxylation is 1. The van der Waals surface area contributed by atoms with E-state index in [1.165, 1.54) is 24.2 Å². The van der Waals surface area contributed by atoms with Gasteiger partial charge in [-0.15, -0.1) is 0 Å². The fourth-order valence-corrected chi connectivity index (χ4v) is 3.71. The first-order valence-electron chi connectivity index (χ1n) is 7.57. The van der Waals surface area contributed by atoms with Crippen molar-refractivity contribution in [1.82, 2.24) is 19.9 Å². The molecule has 106 valence electrons. The van der Waals surface area contributed by atoms with Crippen LogP contribution >= 0.6 is 0 Å². The van der Waals surface area contributed by atoms with Crippen LogP contribution in [0.1, 0.15) is 31.0 Å². The van der Waals surface area contributed by atoms with E-state index < -0.39 is 0 Å². The Morgan fingerprint density at radius 3 is 2.90 bits per heavy atom. The quantitative estimate of drug-likeness (QED) is 0.854. The van der Waals surface area contributed by atoms with Crippen LogP contribution in [0.5, 0.6) is 0 Å². The molecule has 5 heteroatoms. The second-order valence-corrected chi connectivity index (χ2v) is 6.10. The predicted octanol–water partition coefficient (Wildman–Crippen LogP) is 1.54. The minimum atomic E-state index is 0.507. The van der Waals surface area contributed by atoms with E-state index in [2.05, 4.69) is 40.2 Å². The van der Waals surface area contributed by atoms with Crippen molar-refractivity contribution in [1.29, 1.82) is 0 Å². The average molecular weight is 271 g/mol. The Morgan fingerprint density at radius 2 is 2.10 bits per heavy atom. The average Bonchev–Trinajstić information content (AvgIpc) is 2.80. The lowest BCUT2D eigenvalue weighted by Crippen LogP contribution is -2.48. The highest BCUT2D eigenvalue weighted by atomic mass is 15.4. The predicted molar refractivity (Wildman–Crippen MR) is 79.3 cm³/mol. The fourth-order valence-electron chi connectivity index (χ4n) is 3.71. The molecule has 1 saturated heterocycles. The van der Waals surface area contributed by atoms with E-state index in [1.54, 1.807) is 0 Å². The van der Waals surface area contributed by atoms with Gasteiger partial charge in [-0.05, 0) is 46.2 Å². The Balaban J connectivity index is 1.87. The topological polar surface area (TPSA) is 45.5 Å². The molecule has 0 spiro atoms. The molecule has 0 aromatic carbocycles. The number of piperidine rings is 1. The zero-order chi connectivity index (χ0) is 13.7. The van der Waals surface area contributed by atoms with Crippen molar-refractivity contribution in [3.63, 3.8) is 0 Å². The first-order chi connectivity index (χ1) is 9.74. The fraction of sp³-hybridized carbons (Fsp3) is 0.600. The lowest BCUT2D eigenvalue weighted by Gasteiger charge is -2.39. The number of aromatic nitrogens is 3. The summed E-state index contributed by atoms with van der Waals surface area (Å²) in [6, 6.07) is 3.31. The van der Waals surface area contributed by atoms with E-state index in [9.17, 15) is 0 Å². The molecule has 20 heavy (non-hydrogen) atoms. The van der Waals surface area contributed by atoms with Gasteiger partial charge in [-0.1, -0.05) is 0 Å². The van der Waals surface area contributed by atoms with Crippen LogP contribution < -0.4 is 10.2 Å². The van der Waals surface area contributed by atoms with E-state index in [0.29, 0.717) is 12.1 Å². The molecule has 1 fully saturated rings. The largest absolute Gasteiger partial charge is 0.350 e. The maximum atomic E-state index is 4.68. The second kappa shape index (κ2) is 4.45. The summed E-state index contributed by atoms with van der Waals surface area (Å²) in [4.78, 5) is 7.27. The number of rotatable bonds is 1. The standard InChI is InChI=1S/C15H21N5/c1-10-7-14-19(13-3-5-16-6-4-13)11(2)8-12-9-17-20(14)15(12)18-10/h7,9,11,13,16H,3-6,8H2,1-2H3. The summed E-state index contributed by atoms with van der Waals surface area (Å²) >= 11 is 0. The van der Waals surface area contributed by atoms with Gasteiger partial charge < -0.3 is 10.2 Å². The van der Waals surface area contributed by atoms with Crippen molar-refractivity contribution in [2.75, 3.05) is 18.0 Å². The Bertz CT molecular complexity index is 641. The van der Waals surface area contributed by atoms with Gasteiger partial charge in [0, 0.05) is 29.4 Å². The maximum absolute atomic E-state index is 4.68. The van der Waals surface area contributed by atoms with Gasteiger partial charge in [0.05, 0.1) is 6.20 Å². The van der Waals surface area contributed by atoms with Gasteiger partial charge in [0.25, 0.3) is 0 Å². The van der Waals surface area contributed by atoms with Crippen molar-refractivity contribution < 1.29 is 0 Å². The Morgan fingerprint density at radius 1 is 1.30 bits per heavy atom.